The molecule has 0 amide bonds. The molecule has 1 aromatic carbocycles. The van der Waals surface area contributed by atoms with Crippen LogP contribution in [0.5, 0.6) is 0 Å². The number of nitriles is 1. The molecule has 10 heteroatoms. The summed E-state index contributed by atoms with van der Waals surface area (Å²) < 4.78 is 38.4. The van der Waals surface area contributed by atoms with Gasteiger partial charge in [-0.1, -0.05) is 6.07 Å². The third-order valence-electron chi connectivity index (χ3n) is 6.44. The molecule has 0 unspecified atom stereocenters. The molecule has 1 saturated heterocycles. The number of halogens is 3. The average Bonchev–Trinajstić information content (AvgIpc) is 3.23. The molecule has 0 bridgehead atoms. The van der Waals surface area contributed by atoms with Crippen LogP contribution in [0.25, 0.3) is 21.1 Å². The second-order valence-electron chi connectivity index (χ2n) is 8.87. The van der Waals surface area contributed by atoms with Gasteiger partial charge in [-0.2, -0.15) is 18.4 Å². The third-order valence-corrected chi connectivity index (χ3v) is 7.49. The van der Waals surface area contributed by atoms with Crippen molar-refractivity contribution in [2.45, 2.75) is 44.9 Å². The molecule has 0 aliphatic carbocycles. The van der Waals surface area contributed by atoms with Gasteiger partial charge in [0.25, 0.3) is 0 Å². The van der Waals surface area contributed by atoms with E-state index in [-0.39, 0.29) is 10.9 Å². The first-order valence-electron chi connectivity index (χ1n) is 11.4. The lowest BCUT2D eigenvalue weighted by Gasteiger charge is -2.33. The number of pyridine rings is 1. The van der Waals surface area contributed by atoms with Crippen molar-refractivity contribution in [1.82, 2.24) is 19.9 Å². The highest BCUT2D eigenvalue weighted by atomic mass is 32.1. The summed E-state index contributed by atoms with van der Waals surface area (Å²) in [5.74, 6) is 0.604. The maximum Gasteiger partial charge on any atom is 0.393 e. The first-order chi connectivity index (χ1) is 16.8. The summed E-state index contributed by atoms with van der Waals surface area (Å²) in [4.78, 5) is 16.1. The number of thiophene rings is 1. The van der Waals surface area contributed by atoms with E-state index in [4.69, 9.17) is 5.26 Å². The van der Waals surface area contributed by atoms with Crippen LogP contribution in [-0.4, -0.2) is 45.2 Å². The van der Waals surface area contributed by atoms with Crippen molar-refractivity contribution in [2.24, 2.45) is 0 Å². The van der Waals surface area contributed by atoms with Crippen molar-refractivity contribution in [1.29, 1.82) is 5.26 Å². The number of hydrogen-bond acceptors (Lipinski definition) is 7. The zero-order valence-electron chi connectivity index (χ0n) is 19.1. The largest absolute Gasteiger partial charge is 0.393 e. The number of nitrogens with one attached hydrogen (secondary N) is 1. The first kappa shape index (κ1) is 23.5. The highest BCUT2D eigenvalue weighted by Gasteiger charge is 2.29. The lowest BCUT2D eigenvalue weighted by atomic mass is 10.00. The Morgan fingerprint density at radius 3 is 2.69 bits per heavy atom. The van der Waals surface area contributed by atoms with Crippen molar-refractivity contribution in [3.8, 4) is 6.07 Å². The fourth-order valence-electron chi connectivity index (χ4n) is 4.60. The van der Waals surface area contributed by atoms with Crippen LogP contribution in [0, 0.1) is 18.3 Å². The number of alkyl halides is 3. The Kier molecular flexibility index (Phi) is 6.30. The van der Waals surface area contributed by atoms with Crippen LogP contribution in [-0.2, 0) is 13.0 Å². The summed E-state index contributed by atoms with van der Waals surface area (Å²) in [6.45, 7) is 4.72. The Morgan fingerprint density at radius 1 is 1.14 bits per heavy atom. The van der Waals surface area contributed by atoms with Crippen LogP contribution in [0.4, 0.5) is 19.0 Å². The standard InChI is InChI=1S/C25H23F3N6S/c1-15-16(2-5-22-20(15)4-3-18(12-29)32-22)13-34-8-6-17(7-9-34)33-23-21-10-19(11-25(26,27)28)35-24(21)31-14-30-23/h2-5,10,14,17H,6-9,11,13H2,1H3,(H,30,31,33). The molecule has 6 nitrogen and oxygen atoms in total. The van der Waals surface area contributed by atoms with E-state index >= 15 is 0 Å². The van der Waals surface area contributed by atoms with Crippen molar-refractivity contribution in [3.63, 3.8) is 0 Å². The van der Waals surface area contributed by atoms with Crippen molar-refractivity contribution < 1.29 is 13.2 Å². The third kappa shape index (κ3) is 5.21. The molecule has 0 spiro atoms. The predicted octanol–water partition coefficient (Wildman–Crippen LogP) is 5.60. The Labute approximate surface area is 204 Å². The highest BCUT2D eigenvalue weighted by molar-refractivity contribution is 7.18. The summed E-state index contributed by atoms with van der Waals surface area (Å²) in [5.41, 5.74) is 3.66. The monoisotopic (exact) mass is 496 g/mol. The number of aryl methyl sites for hydroxylation is 1. The second-order valence-corrected chi connectivity index (χ2v) is 9.98. The number of aromatic nitrogens is 3. The SMILES string of the molecule is Cc1c(CN2CCC(Nc3ncnc4sc(CC(F)(F)F)cc34)CC2)ccc2nc(C#N)ccc12. The number of rotatable bonds is 5. The predicted molar refractivity (Wildman–Crippen MR) is 130 cm³/mol. The molecule has 35 heavy (non-hydrogen) atoms. The van der Waals surface area contributed by atoms with Crippen LogP contribution < -0.4 is 5.32 Å². The number of likely N-dealkylation sites (tertiary alicyclic amines) is 1. The molecule has 4 heterocycles. The Bertz CT molecular complexity index is 1420. The van der Waals surface area contributed by atoms with E-state index in [0.29, 0.717) is 21.7 Å². The molecule has 3 aromatic heterocycles. The summed E-state index contributed by atoms with van der Waals surface area (Å²) >= 11 is 1.07. The molecule has 5 rings (SSSR count). The van der Waals surface area contributed by atoms with Gasteiger partial charge in [-0.25, -0.2) is 15.0 Å². The van der Waals surface area contributed by atoms with E-state index in [1.807, 2.05) is 12.1 Å². The molecule has 180 valence electrons. The summed E-state index contributed by atoms with van der Waals surface area (Å²) in [6, 6.07) is 11.6. The molecule has 1 N–H and O–H groups in total. The molecule has 1 fully saturated rings. The topological polar surface area (TPSA) is 77.7 Å². The van der Waals surface area contributed by atoms with E-state index in [9.17, 15) is 13.2 Å². The van der Waals surface area contributed by atoms with E-state index in [0.717, 1.165) is 54.7 Å². The van der Waals surface area contributed by atoms with Crippen LogP contribution in [0.15, 0.2) is 36.7 Å². The summed E-state index contributed by atoms with van der Waals surface area (Å²) in [5, 5.41) is 14.2. The van der Waals surface area contributed by atoms with Gasteiger partial charge in [-0.15, -0.1) is 11.3 Å². The van der Waals surface area contributed by atoms with Gasteiger partial charge in [-0.05, 0) is 55.2 Å². The van der Waals surface area contributed by atoms with Crippen molar-refractivity contribution in [3.05, 3.63) is 58.4 Å². The fraction of sp³-hybridized carbons (Fsp3) is 0.360. The van der Waals surface area contributed by atoms with Crippen molar-refractivity contribution >= 4 is 38.3 Å². The van der Waals surface area contributed by atoms with Crippen LogP contribution >= 0.6 is 11.3 Å². The molecule has 4 aromatic rings. The zero-order valence-corrected chi connectivity index (χ0v) is 19.9. The number of piperidine rings is 1. The number of benzene rings is 1. The van der Waals surface area contributed by atoms with E-state index < -0.39 is 12.6 Å². The minimum absolute atomic E-state index is 0.196. The van der Waals surface area contributed by atoms with Crippen LogP contribution in [0.3, 0.4) is 0 Å². The Hall–Kier alpha value is -3.29. The molecule has 0 atom stereocenters. The smallest absolute Gasteiger partial charge is 0.367 e. The van der Waals surface area contributed by atoms with Gasteiger partial charge in [-0.3, -0.25) is 4.90 Å². The summed E-state index contributed by atoms with van der Waals surface area (Å²) in [6.07, 6.45) is -1.97. The summed E-state index contributed by atoms with van der Waals surface area (Å²) in [7, 11) is 0. The molecule has 0 radical (unpaired) electrons. The first-order valence-corrected chi connectivity index (χ1v) is 12.2. The highest BCUT2D eigenvalue weighted by Crippen LogP contribution is 2.33. The van der Waals surface area contributed by atoms with E-state index in [1.54, 1.807) is 12.1 Å². The van der Waals surface area contributed by atoms with Gasteiger partial charge < -0.3 is 5.32 Å². The number of nitrogens with zero attached hydrogens (tertiary/aromatic N) is 5. The number of hydrogen-bond donors (Lipinski definition) is 1. The molecule has 1 aliphatic rings. The van der Waals surface area contributed by atoms with Gasteiger partial charge in [0.05, 0.1) is 17.3 Å². The maximum atomic E-state index is 12.8. The molecular weight excluding hydrogens is 473 g/mol. The van der Waals surface area contributed by atoms with Crippen LogP contribution in [0.1, 0.15) is 34.5 Å². The van der Waals surface area contributed by atoms with Gasteiger partial charge >= 0.3 is 6.18 Å². The minimum Gasteiger partial charge on any atom is -0.367 e. The van der Waals surface area contributed by atoms with Crippen LogP contribution in [0.2, 0.25) is 0 Å². The molecule has 1 aliphatic heterocycles. The molecule has 0 saturated carbocycles. The van der Waals surface area contributed by atoms with E-state index in [1.165, 1.54) is 17.5 Å². The van der Waals surface area contributed by atoms with Crippen molar-refractivity contribution in [2.75, 3.05) is 18.4 Å². The quantitative estimate of drug-likeness (QED) is 0.388. The van der Waals surface area contributed by atoms with Gasteiger partial charge in [0, 0.05) is 35.9 Å². The molecular formula is C25H23F3N6S. The minimum atomic E-state index is -4.24. The van der Waals surface area contributed by atoms with Gasteiger partial charge in [0.2, 0.25) is 0 Å². The maximum absolute atomic E-state index is 12.8. The second kappa shape index (κ2) is 9.40. The average molecular weight is 497 g/mol. The van der Waals surface area contributed by atoms with E-state index in [2.05, 4.69) is 44.2 Å². The Balaban J connectivity index is 1.23. The fourth-order valence-corrected chi connectivity index (χ4v) is 5.63. The van der Waals surface area contributed by atoms with Gasteiger partial charge in [0.1, 0.15) is 28.7 Å². The lowest BCUT2D eigenvalue weighted by molar-refractivity contribution is -0.126. The Morgan fingerprint density at radius 2 is 1.94 bits per heavy atom. The number of fused-ring (bicyclic) bond motifs is 2. The number of anilines is 1. The zero-order chi connectivity index (χ0) is 24.6. The normalized spacial score (nSPS) is 15.5. The van der Waals surface area contributed by atoms with Gasteiger partial charge in [0.15, 0.2) is 0 Å². The lowest BCUT2D eigenvalue weighted by Crippen LogP contribution is -2.39.